The first-order chi connectivity index (χ1) is 10.4. The van der Waals surface area contributed by atoms with E-state index in [0.717, 1.165) is 5.56 Å². The van der Waals surface area contributed by atoms with Crippen LogP contribution in [0.25, 0.3) is 22.4 Å². The van der Waals surface area contributed by atoms with Gasteiger partial charge >= 0.3 is 6.36 Å². The van der Waals surface area contributed by atoms with Gasteiger partial charge in [-0.2, -0.15) is 0 Å². The van der Waals surface area contributed by atoms with Gasteiger partial charge in [-0.3, -0.25) is 0 Å². The third-order valence-electron chi connectivity index (χ3n) is 3.05. The fourth-order valence-corrected chi connectivity index (χ4v) is 2.07. The van der Waals surface area contributed by atoms with Gasteiger partial charge in [-0.25, -0.2) is 4.98 Å². The van der Waals surface area contributed by atoms with Gasteiger partial charge in [0.1, 0.15) is 17.3 Å². The van der Waals surface area contributed by atoms with E-state index >= 15 is 0 Å². The second kappa shape index (κ2) is 5.25. The van der Waals surface area contributed by atoms with Crippen LogP contribution < -0.4 is 9.47 Å². The zero-order chi connectivity index (χ0) is 15.7. The van der Waals surface area contributed by atoms with E-state index in [1.165, 1.54) is 18.2 Å². The maximum absolute atomic E-state index is 12.2. The van der Waals surface area contributed by atoms with Gasteiger partial charge in [0.2, 0.25) is 0 Å². The Morgan fingerprint density at radius 2 is 1.68 bits per heavy atom. The van der Waals surface area contributed by atoms with Crippen molar-refractivity contribution in [2.45, 2.75) is 6.36 Å². The number of hydrogen-bond donors (Lipinski definition) is 1. The van der Waals surface area contributed by atoms with Crippen molar-refractivity contribution in [2.75, 3.05) is 7.11 Å². The quantitative estimate of drug-likeness (QED) is 0.791. The van der Waals surface area contributed by atoms with Crippen LogP contribution in [-0.4, -0.2) is 23.4 Å². The molecule has 2 aromatic carbocycles. The van der Waals surface area contributed by atoms with Gasteiger partial charge in [0.05, 0.1) is 18.1 Å². The molecule has 3 aromatic rings. The molecular formula is C15H11F3N2O2. The van der Waals surface area contributed by atoms with Gasteiger partial charge in [0, 0.05) is 11.6 Å². The second-order valence-electron chi connectivity index (χ2n) is 4.54. The molecule has 0 radical (unpaired) electrons. The highest BCUT2D eigenvalue weighted by Crippen LogP contribution is 2.28. The molecule has 114 valence electrons. The molecule has 0 saturated carbocycles. The number of ether oxygens (including phenoxy) is 2. The van der Waals surface area contributed by atoms with Crippen LogP contribution in [0, 0.1) is 0 Å². The molecule has 0 aliphatic carbocycles. The van der Waals surface area contributed by atoms with Crippen molar-refractivity contribution in [1.29, 1.82) is 0 Å². The minimum Gasteiger partial charge on any atom is -0.497 e. The zero-order valence-electron chi connectivity index (χ0n) is 11.4. The van der Waals surface area contributed by atoms with Crippen LogP contribution in [0.15, 0.2) is 42.5 Å². The van der Waals surface area contributed by atoms with E-state index in [4.69, 9.17) is 4.74 Å². The Balaban J connectivity index is 1.95. The molecule has 1 heterocycles. The van der Waals surface area contributed by atoms with Crippen molar-refractivity contribution in [3.8, 4) is 22.9 Å². The maximum Gasteiger partial charge on any atom is 0.573 e. The van der Waals surface area contributed by atoms with Crippen LogP contribution >= 0.6 is 0 Å². The number of aromatic amines is 1. The lowest BCUT2D eigenvalue weighted by molar-refractivity contribution is -0.274. The lowest BCUT2D eigenvalue weighted by Gasteiger charge is -2.07. The topological polar surface area (TPSA) is 47.1 Å². The first kappa shape index (κ1) is 14.2. The van der Waals surface area contributed by atoms with Crippen LogP contribution in [0.4, 0.5) is 13.2 Å². The van der Waals surface area contributed by atoms with Gasteiger partial charge in [-0.1, -0.05) is 0 Å². The molecule has 3 rings (SSSR count). The summed E-state index contributed by atoms with van der Waals surface area (Å²) in [6.45, 7) is 0. The number of benzene rings is 2. The number of hydrogen-bond acceptors (Lipinski definition) is 3. The number of nitrogens with one attached hydrogen (secondary N) is 1. The Morgan fingerprint density at radius 3 is 2.32 bits per heavy atom. The molecule has 22 heavy (non-hydrogen) atoms. The van der Waals surface area contributed by atoms with E-state index in [9.17, 15) is 13.2 Å². The number of imidazole rings is 1. The molecule has 0 aliphatic heterocycles. The number of methoxy groups -OCH3 is 1. The van der Waals surface area contributed by atoms with E-state index in [1.54, 1.807) is 19.2 Å². The van der Waals surface area contributed by atoms with Gasteiger partial charge in [-0.05, 0) is 36.4 Å². The van der Waals surface area contributed by atoms with E-state index in [2.05, 4.69) is 14.7 Å². The summed E-state index contributed by atoms with van der Waals surface area (Å²) in [6.07, 6.45) is -4.72. The summed E-state index contributed by atoms with van der Waals surface area (Å²) in [5, 5.41) is 0. The Labute approximate surface area is 123 Å². The number of rotatable bonds is 3. The minimum atomic E-state index is -4.72. The molecule has 0 atom stereocenters. The van der Waals surface area contributed by atoms with Crippen LogP contribution in [0.2, 0.25) is 0 Å². The van der Waals surface area contributed by atoms with Gasteiger partial charge < -0.3 is 14.5 Å². The normalized spacial score (nSPS) is 11.6. The summed E-state index contributed by atoms with van der Waals surface area (Å²) in [5.74, 6) is 0.979. The summed E-state index contributed by atoms with van der Waals surface area (Å²) >= 11 is 0. The summed E-state index contributed by atoms with van der Waals surface area (Å²) in [6, 6.07) is 11.1. The van der Waals surface area contributed by atoms with E-state index in [1.807, 2.05) is 12.1 Å². The van der Waals surface area contributed by atoms with Crippen molar-refractivity contribution in [3.05, 3.63) is 42.5 Å². The highest BCUT2D eigenvalue weighted by atomic mass is 19.4. The summed E-state index contributed by atoms with van der Waals surface area (Å²) in [7, 11) is 1.57. The van der Waals surface area contributed by atoms with Gasteiger partial charge in [0.25, 0.3) is 0 Å². The highest BCUT2D eigenvalue weighted by Gasteiger charge is 2.31. The molecular weight excluding hydrogens is 297 g/mol. The fourth-order valence-electron chi connectivity index (χ4n) is 2.07. The predicted octanol–water partition coefficient (Wildman–Crippen LogP) is 4.14. The fraction of sp³-hybridized carbons (Fsp3) is 0.133. The lowest BCUT2D eigenvalue weighted by atomic mass is 10.2. The Bertz CT molecular complexity index is 795. The van der Waals surface area contributed by atoms with Crippen molar-refractivity contribution in [2.24, 2.45) is 0 Å². The molecule has 4 nitrogen and oxygen atoms in total. The maximum atomic E-state index is 12.2. The number of H-pyrrole nitrogens is 1. The first-order valence-corrected chi connectivity index (χ1v) is 6.34. The number of aromatic nitrogens is 2. The average Bonchev–Trinajstić information content (AvgIpc) is 2.89. The van der Waals surface area contributed by atoms with Crippen molar-refractivity contribution in [1.82, 2.24) is 9.97 Å². The summed E-state index contributed by atoms with van der Waals surface area (Å²) < 4.78 is 45.6. The summed E-state index contributed by atoms with van der Waals surface area (Å²) in [4.78, 5) is 7.32. The summed E-state index contributed by atoms with van der Waals surface area (Å²) in [5.41, 5.74) is 1.82. The third-order valence-corrected chi connectivity index (χ3v) is 3.05. The standard InChI is InChI=1S/C15H11F3N2O2/c1-21-10-4-2-9(3-5-10)14-19-12-7-6-11(8-13(12)20-14)22-15(16,17)18/h2-8H,1H3,(H,19,20). The number of halogens is 3. The molecule has 0 unspecified atom stereocenters. The Hall–Kier alpha value is -2.70. The molecule has 0 bridgehead atoms. The van der Waals surface area contributed by atoms with E-state index in [0.29, 0.717) is 22.6 Å². The monoisotopic (exact) mass is 308 g/mol. The van der Waals surface area contributed by atoms with E-state index < -0.39 is 6.36 Å². The SMILES string of the molecule is COc1ccc(-c2nc3ccc(OC(F)(F)F)cc3[nH]2)cc1. The Morgan fingerprint density at radius 1 is 1.00 bits per heavy atom. The van der Waals surface area contributed by atoms with Crippen molar-refractivity contribution < 1.29 is 22.6 Å². The molecule has 0 amide bonds. The van der Waals surface area contributed by atoms with Crippen LogP contribution in [0.5, 0.6) is 11.5 Å². The molecule has 0 aliphatic rings. The first-order valence-electron chi connectivity index (χ1n) is 6.34. The van der Waals surface area contributed by atoms with Crippen LogP contribution in [-0.2, 0) is 0 Å². The van der Waals surface area contributed by atoms with Crippen molar-refractivity contribution >= 4 is 11.0 Å². The van der Waals surface area contributed by atoms with Crippen LogP contribution in [0.1, 0.15) is 0 Å². The third kappa shape index (κ3) is 2.98. The highest BCUT2D eigenvalue weighted by molar-refractivity contribution is 5.80. The molecule has 0 spiro atoms. The second-order valence-corrected chi connectivity index (χ2v) is 4.54. The largest absolute Gasteiger partial charge is 0.573 e. The zero-order valence-corrected chi connectivity index (χ0v) is 11.4. The number of nitrogens with zero attached hydrogens (tertiary/aromatic N) is 1. The van der Waals surface area contributed by atoms with Gasteiger partial charge in [-0.15, -0.1) is 13.2 Å². The number of fused-ring (bicyclic) bond motifs is 1. The smallest absolute Gasteiger partial charge is 0.497 e. The molecule has 1 aromatic heterocycles. The molecule has 0 saturated heterocycles. The molecule has 1 N–H and O–H groups in total. The molecule has 0 fully saturated rings. The average molecular weight is 308 g/mol. The van der Waals surface area contributed by atoms with Crippen LogP contribution in [0.3, 0.4) is 0 Å². The number of alkyl halides is 3. The predicted molar refractivity (Wildman–Crippen MR) is 74.8 cm³/mol. The van der Waals surface area contributed by atoms with Crippen molar-refractivity contribution in [3.63, 3.8) is 0 Å². The van der Waals surface area contributed by atoms with Gasteiger partial charge in [0.15, 0.2) is 0 Å². The minimum absolute atomic E-state index is 0.287. The molecule has 7 heteroatoms. The van der Waals surface area contributed by atoms with E-state index in [-0.39, 0.29) is 5.75 Å². The Kier molecular flexibility index (Phi) is 3.40. The lowest BCUT2D eigenvalue weighted by Crippen LogP contribution is -2.16.